The monoisotopic (exact) mass is 145 g/mol. The Bertz CT molecular complexity index is 246. The minimum atomic E-state index is 0.344. The number of hydrazone groups is 1. The van der Waals surface area contributed by atoms with Crippen LogP contribution in [0.25, 0.3) is 0 Å². The molecule has 1 aliphatic heterocycles. The molecule has 0 bridgehead atoms. The summed E-state index contributed by atoms with van der Waals surface area (Å²) < 4.78 is 0. The van der Waals surface area contributed by atoms with Crippen LogP contribution in [0.3, 0.4) is 0 Å². The molecule has 1 aromatic carbocycles. The van der Waals surface area contributed by atoms with Gasteiger partial charge < -0.3 is 5.43 Å². The Balaban J connectivity index is 2.17. The topological polar surface area (TPSA) is 24.4 Å². The molecule has 1 aromatic rings. The highest BCUT2D eigenvalue weighted by atomic mass is 15.3. The van der Waals surface area contributed by atoms with Gasteiger partial charge in [0, 0.05) is 6.42 Å². The molecular weight excluding hydrogens is 136 g/mol. The van der Waals surface area contributed by atoms with Gasteiger partial charge in [0.05, 0.1) is 12.3 Å². The van der Waals surface area contributed by atoms with E-state index in [1.165, 1.54) is 5.56 Å². The van der Waals surface area contributed by atoms with Crippen molar-refractivity contribution in [2.45, 2.75) is 12.5 Å². The van der Waals surface area contributed by atoms with Crippen molar-refractivity contribution in [3.8, 4) is 0 Å². The second-order valence-corrected chi connectivity index (χ2v) is 2.57. The Kier molecular flexibility index (Phi) is 1.60. The third-order valence-electron chi connectivity index (χ3n) is 1.80. The quantitative estimate of drug-likeness (QED) is 0.637. The van der Waals surface area contributed by atoms with Crippen molar-refractivity contribution in [3.05, 3.63) is 35.9 Å². The summed E-state index contributed by atoms with van der Waals surface area (Å²) in [5.41, 5.74) is 4.27. The zero-order valence-electron chi connectivity index (χ0n) is 6.12. The lowest BCUT2D eigenvalue weighted by Gasteiger charge is -2.08. The first-order chi connectivity index (χ1) is 5.47. The largest absolute Gasteiger partial charge is 0.302 e. The van der Waals surface area contributed by atoms with Crippen molar-refractivity contribution in [2.24, 2.45) is 5.10 Å². The molecule has 2 heteroatoms. The number of nitrogens with zero attached hydrogens (tertiary/aromatic N) is 1. The molecule has 11 heavy (non-hydrogen) atoms. The minimum Gasteiger partial charge on any atom is -0.302 e. The molecule has 1 heterocycles. The van der Waals surface area contributed by atoms with Crippen LogP contribution in [0.4, 0.5) is 0 Å². The Morgan fingerprint density at radius 2 is 2.18 bits per heavy atom. The van der Waals surface area contributed by atoms with E-state index in [-0.39, 0.29) is 0 Å². The predicted molar refractivity (Wildman–Crippen MR) is 44.4 cm³/mol. The number of benzene rings is 1. The molecule has 1 atom stereocenters. The molecule has 55 valence electrons. The molecule has 1 unspecified atom stereocenters. The van der Waals surface area contributed by atoms with Crippen LogP contribution in [0.2, 0.25) is 0 Å². The summed E-state index contributed by atoms with van der Waals surface area (Å²) in [6.45, 7) is 0. The second-order valence-electron chi connectivity index (χ2n) is 2.57. The van der Waals surface area contributed by atoms with Crippen LogP contribution in [-0.4, -0.2) is 6.21 Å². The van der Waals surface area contributed by atoms with Gasteiger partial charge in [0.1, 0.15) is 0 Å². The highest BCUT2D eigenvalue weighted by molar-refractivity contribution is 5.60. The molecule has 0 spiro atoms. The van der Waals surface area contributed by atoms with Crippen LogP contribution < -0.4 is 5.43 Å². The van der Waals surface area contributed by atoms with Crippen molar-refractivity contribution < 1.29 is 0 Å². The van der Waals surface area contributed by atoms with E-state index >= 15 is 0 Å². The van der Waals surface area contributed by atoms with Gasteiger partial charge in [-0.05, 0) is 5.56 Å². The zero-order valence-corrected chi connectivity index (χ0v) is 6.12. The maximum absolute atomic E-state index is 3.84. The molecule has 0 saturated carbocycles. The molecule has 2 nitrogen and oxygen atoms in total. The fourth-order valence-electron chi connectivity index (χ4n) is 1.18. The molecule has 1 radical (unpaired) electrons. The molecule has 0 amide bonds. The summed E-state index contributed by atoms with van der Waals surface area (Å²) in [7, 11) is 0. The van der Waals surface area contributed by atoms with Gasteiger partial charge in [0.15, 0.2) is 0 Å². The van der Waals surface area contributed by atoms with Gasteiger partial charge in [0.2, 0.25) is 0 Å². The molecular formula is C9H9N2. The molecule has 0 saturated heterocycles. The predicted octanol–water partition coefficient (Wildman–Crippen LogP) is 1.58. The fourth-order valence-corrected chi connectivity index (χ4v) is 1.18. The van der Waals surface area contributed by atoms with Crippen LogP contribution in [0.15, 0.2) is 35.4 Å². The van der Waals surface area contributed by atoms with Crippen molar-refractivity contribution in [3.63, 3.8) is 0 Å². The van der Waals surface area contributed by atoms with E-state index in [2.05, 4.69) is 28.9 Å². The van der Waals surface area contributed by atoms with Gasteiger partial charge in [-0.25, -0.2) is 0 Å². The lowest BCUT2D eigenvalue weighted by Crippen LogP contribution is -2.08. The third kappa shape index (κ3) is 1.24. The second kappa shape index (κ2) is 2.74. The first-order valence-corrected chi connectivity index (χ1v) is 3.70. The maximum atomic E-state index is 3.84. The summed E-state index contributed by atoms with van der Waals surface area (Å²) >= 11 is 0. The summed E-state index contributed by atoms with van der Waals surface area (Å²) in [6, 6.07) is 10.6. The van der Waals surface area contributed by atoms with Gasteiger partial charge in [-0.1, -0.05) is 30.3 Å². The van der Waals surface area contributed by atoms with E-state index < -0.39 is 0 Å². The summed E-state index contributed by atoms with van der Waals surface area (Å²) in [5, 5.41) is 3.84. The lowest BCUT2D eigenvalue weighted by atomic mass is 10.1. The van der Waals surface area contributed by atoms with Crippen LogP contribution >= 0.6 is 0 Å². The van der Waals surface area contributed by atoms with Crippen LogP contribution in [0.5, 0.6) is 0 Å². The average molecular weight is 145 g/mol. The molecule has 0 aromatic heterocycles. The Labute approximate surface area is 65.9 Å². The zero-order chi connectivity index (χ0) is 7.52. The van der Waals surface area contributed by atoms with Gasteiger partial charge in [0.25, 0.3) is 0 Å². The molecule has 1 N–H and O–H groups in total. The highest BCUT2D eigenvalue weighted by Gasteiger charge is 2.11. The smallest absolute Gasteiger partial charge is 0.0860 e. The minimum absolute atomic E-state index is 0.344. The van der Waals surface area contributed by atoms with E-state index in [9.17, 15) is 0 Å². The van der Waals surface area contributed by atoms with Crippen LogP contribution in [0, 0.1) is 0 Å². The standard InChI is InChI=1S/C9H9N2/c1-2-4-8(5-3-1)9-6-7-10-11-9/h1-5,9,11H,6H2. The fraction of sp³-hybridized carbons (Fsp3) is 0.222. The summed E-state index contributed by atoms with van der Waals surface area (Å²) in [5.74, 6) is 0. The van der Waals surface area contributed by atoms with E-state index in [4.69, 9.17) is 0 Å². The highest BCUT2D eigenvalue weighted by Crippen LogP contribution is 2.17. The third-order valence-corrected chi connectivity index (χ3v) is 1.80. The first-order valence-electron chi connectivity index (χ1n) is 3.70. The maximum Gasteiger partial charge on any atom is 0.0860 e. The Morgan fingerprint density at radius 3 is 2.82 bits per heavy atom. The van der Waals surface area contributed by atoms with Crippen LogP contribution in [0.1, 0.15) is 18.0 Å². The van der Waals surface area contributed by atoms with E-state index in [0.717, 1.165) is 6.42 Å². The van der Waals surface area contributed by atoms with E-state index in [1.807, 2.05) is 18.2 Å². The SMILES string of the molecule is [C]1=NNC(c2ccccc2)C1. The lowest BCUT2D eigenvalue weighted by molar-refractivity contribution is 0.620. The number of nitrogens with one attached hydrogen (secondary N) is 1. The van der Waals surface area contributed by atoms with Crippen molar-refractivity contribution in [2.75, 3.05) is 0 Å². The molecule has 0 aliphatic carbocycles. The van der Waals surface area contributed by atoms with Crippen molar-refractivity contribution in [1.29, 1.82) is 0 Å². The summed E-state index contributed by atoms with van der Waals surface area (Å²) in [6.07, 6.45) is 3.76. The number of hydrogen-bond donors (Lipinski definition) is 1. The number of hydrogen-bond acceptors (Lipinski definition) is 2. The van der Waals surface area contributed by atoms with Gasteiger partial charge >= 0.3 is 0 Å². The molecule has 2 rings (SSSR count). The molecule has 1 aliphatic rings. The van der Waals surface area contributed by atoms with Crippen LogP contribution in [-0.2, 0) is 0 Å². The number of rotatable bonds is 1. The Morgan fingerprint density at radius 1 is 1.36 bits per heavy atom. The van der Waals surface area contributed by atoms with Crippen molar-refractivity contribution in [1.82, 2.24) is 5.43 Å². The average Bonchev–Trinajstić information content (AvgIpc) is 2.58. The molecule has 0 fully saturated rings. The van der Waals surface area contributed by atoms with Gasteiger partial charge in [-0.15, -0.1) is 0 Å². The Hall–Kier alpha value is -1.31. The normalized spacial score (nSPS) is 21.6. The van der Waals surface area contributed by atoms with E-state index in [1.54, 1.807) is 0 Å². The van der Waals surface area contributed by atoms with Gasteiger partial charge in [-0.3, -0.25) is 0 Å². The first kappa shape index (κ1) is 6.40. The summed E-state index contributed by atoms with van der Waals surface area (Å²) in [4.78, 5) is 0. The van der Waals surface area contributed by atoms with Crippen molar-refractivity contribution >= 4 is 6.21 Å². The van der Waals surface area contributed by atoms with E-state index in [0.29, 0.717) is 6.04 Å². The van der Waals surface area contributed by atoms with Gasteiger partial charge in [-0.2, -0.15) is 5.10 Å².